The highest BCUT2D eigenvalue weighted by atomic mass is 79.9. The monoisotopic (exact) mass is 344 g/mol. The van der Waals surface area contributed by atoms with Crippen molar-refractivity contribution in [1.82, 2.24) is 5.32 Å². The van der Waals surface area contributed by atoms with Crippen LogP contribution in [0.25, 0.3) is 0 Å². The van der Waals surface area contributed by atoms with Gasteiger partial charge in [-0.1, -0.05) is 13.8 Å². The molecular formula is C12H13BrN2O5. The molecule has 0 aliphatic rings. The molecule has 0 saturated heterocycles. The predicted molar refractivity (Wildman–Crippen MR) is 74.5 cm³/mol. The molecule has 1 rings (SSSR count). The molecule has 0 aliphatic carbocycles. The third kappa shape index (κ3) is 3.77. The number of nitro groups is 1. The van der Waals surface area contributed by atoms with Crippen LogP contribution in [-0.2, 0) is 4.79 Å². The molecule has 0 spiro atoms. The number of halogens is 1. The minimum absolute atomic E-state index is 0.0341. The maximum atomic E-state index is 11.9. The van der Waals surface area contributed by atoms with Crippen molar-refractivity contribution in [1.29, 1.82) is 0 Å². The lowest BCUT2D eigenvalue weighted by molar-refractivity contribution is -0.385. The van der Waals surface area contributed by atoms with Crippen molar-refractivity contribution in [2.75, 3.05) is 0 Å². The third-order valence-electron chi connectivity index (χ3n) is 2.62. The van der Waals surface area contributed by atoms with Gasteiger partial charge in [0, 0.05) is 11.6 Å². The first-order valence-corrected chi connectivity index (χ1v) is 6.51. The standard InChI is InChI=1S/C12H13BrN2O5/c1-6(2)10(12(17)18)14-11(16)7-3-4-8(13)9(5-7)15(19)20/h3-6,10H,1-2H3,(H,14,16)(H,17,18)/t10-/m0/s1. The Morgan fingerprint density at radius 1 is 1.40 bits per heavy atom. The quantitative estimate of drug-likeness (QED) is 0.628. The zero-order chi connectivity index (χ0) is 15.4. The molecule has 20 heavy (non-hydrogen) atoms. The van der Waals surface area contributed by atoms with Crippen LogP contribution in [0.4, 0.5) is 5.69 Å². The van der Waals surface area contributed by atoms with E-state index in [9.17, 15) is 19.7 Å². The molecule has 0 heterocycles. The van der Waals surface area contributed by atoms with Gasteiger partial charge in [-0.05, 0) is 34.0 Å². The van der Waals surface area contributed by atoms with Crippen LogP contribution in [0, 0.1) is 16.0 Å². The Hall–Kier alpha value is -1.96. The molecule has 1 amide bonds. The van der Waals surface area contributed by atoms with Crippen molar-refractivity contribution >= 4 is 33.5 Å². The van der Waals surface area contributed by atoms with Gasteiger partial charge in [-0.15, -0.1) is 0 Å². The van der Waals surface area contributed by atoms with E-state index in [0.29, 0.717) is 0 Å². The van der Waals surface area contributed by atoms with E-state index in [1.54, 1.807) is 13.8 Å². The first kappa shape index (κ1) is 16.1. The van der Waals surface area contributed by atoms with Crippen LogP contribution in [0.5, 0.6) is 0 Å². The minimum Gasteiger partial charge on any atom is -0.480 e. The van der Waals surface area contributed by atoms with Crippen LogP contribution >= 0.6 is 15.9 Å². The molecule has 0 fully saturated rings. The fourth-order valence-corrected chi connectivity index (χ4v) is 1.92. The summed E-state index contributed by atoms with van der Waals surface area (Å²) in [5, 5.41) is 22.1. The fraction of sp³-hybridized carbons (Fsp3) is 0.333. The lowest BCUT2D eigenvalue weighted by atomic mass is 10.0. The van der Waals surface area contributed by atoms with Gasteiger partial charge < -0.3 is 10.4 Å². The van der Waals surface area contributed by atoms with E-state index in [4.69, 9.17) is 5.11 Å². The highest BCUT2D eigenvalue weighted by Crippen LogP contribution is 2.25. The molecule has 7 nitrogen and oxygen atoms in total. The largest absolute Gasteiger partial charge is 0.480 e. The van der Waals surface area contributed by atoms with E-state index in [1.807, 2.05) is 0 Å². The smallest absolute Gasteiger partial charge is 0.326 e. The van der Waals surface area contributed by atoms with Gasteiger partial charge in [0.25, 0.3) is 11.6 Å². The van der Waals surface area contributed by atoms with Crippen LogP contribution in [0.2, 0.25) is 0 Å². The Kier molecular flexibility index (Phi) is 5.20. The number of aliphatic carboxylic acids is 1. The normalized spacial score (nSPS) is 12.0. The van der Waals surface area contributed by atoms with Crippen molar-refractivity contribution in [3.63, 3.8) is 0 Å². The number of carboxylic acid groups (broad SMARTS) is 1. The average Bonchev–Trinajstić information content (AvgIpc) is 2.34. The molecule has 0 saturated carbocycles. The zero-order valence-electron chi connectivity index (χ0n) is 10.8. The molecule has 0 unspecified atom stereocenters. The molecule has 2 N–H and O–H groups in total. The maximum Gasteiger partial charge on any atom is 0.326 e. The van der Waals surface area contributed by atoms with Gasteiger partial charge in [0.2, 0.25) is 0 Å². The topological polar surface area (TPSA) is 110 Å². The fourth-order valence-electron chi connectivity index (χ4n) is 1.53. The molecular weight excluding hydrogens is 332 g/mol. The Balaban J connectivity index is 3.01. The van der Waals surface area contributed by atoms with Gasteiger partial charge in [0.1, 0.15) is 6.04 Å². The van der Waals surface area contributed by atoms with E-state index in [2.05, 4.69) is 21.2 Å². The lowest BCUT2D eigenvalue weighted by Gasteiger charge is -2.17. The zero-order valence-corrected chi connectivity index (χ0v) is 12.4. The van der Waals surface area contributed by atoms with Gasteiger partial charge in [-0.25, -0.2) is 4.79 Å². The van der Waals surface area contributed by atoms with Crippen molar-refractivity contribution < 1.29 is 19.6 Å². The van der Waals surface area contributed by atoms with E-state index in [0.717, 1.165) is 6.07 Å². The first-order chi connectivity index (χ1) is 9.23. The number of hydrogen-bond acceptors (Lipinski definition) is 4. The van der Waals surface area contributed by atoms with E-state index in [-0.39, 0.29) is 21.6 Å². The molecule has 108 valence electrons. The summed E-state index contributed by atoms with van der Waals surface area (Å²) in [7, 11) is 0. The van der Waals surface area contributed by atoms with Crippen LogP contribution in [0.3, 0.4) is 0 Å². The summed E-state index contributed by atoms with van der Waals surface area (Å²) in [6.45, 7) is 3.31. The second kappa shape index (κ2) is 6.47. The van der Waals surface area contributed by atoms with Gasteiger partial charge >= 0.3 is 5.97 Å². The SMILES string of the molecule is CC(C)[C@H](NC(=O)c1ccc(Br)c([N+](=O)[O-])c1)C(=O)O. The van der Waals surface area contributed by atoms with Crippen molar-refractivity contribution in [2.45, 2.75) is 19.9 Å². The summed E-state index contributed by atoms with van der Waals surface area (Å²) in [5.41, 5.74) is -0.221. The van der Waals surface area contributed by atoms with Gasteiger partial charge in [0.05, 0.1) is 9.40 Å². The highest BCUT2D eigenvalue weighted by Gasteiger charge is 2.25. The third-order valence-corrected chi connectivity index (χ3v) is 3.29. The van der Waals surface area contributed by atoms with E-state index >= 15 is 0 Å². The van der Waals surface area contributed by atoms with Gasteiger partial charge in [-0.2, -0.15) is 0 Å². The summed E-state index contributed by atoms with van der Waals surface area (Å²) in [4.78, 5) is 33.1. The van der Waals surface area contributed by atoms with E-state index < -0.39 is 22.8 Å². The van der Waals surface area contributed by atoms with Crippen molar-refractivity contribution in [3.8, 4) is 0 Å². The molecule has 8 heteroatoms. The number of nitrogens with zero attached hydrogens (tertiary/aromatic N) is 1. The van der Waals surface area contributed by atoms with Crippen LogP contribution in [0.1, 0.15) is 24.2 Å². The number of carbonyl (C=O) groups is 2. The Morgan fingerprint density at radius 3 is 2.45 bits per heavy atom. The summed E-state index contributed by atoms with van der Waals surface area (Å²) >= 11 is 3.01. The first-order valence-electron chi connectivity index (χ1n) is 5.71. The lowest BCUT2D eigenvalue weighted by Crippen LogP contribution is -2.44. The number of amides is 1. The minimum atomic E-state index is -1.15. The van der Waals surface area contributed by atoms with Crippen molar-refractivity contribution in [3.05, 3.63) is 38.3 Å². The Labute approximate surface area is 123 Å². The van der Waals surface area contributed by atoms with Gasteiger partial charge in [-0.3, -0.25) is 14.9 Å². The number of nitrogens with one attached hydrogen (secondary N) is 1. The molecule has 0 bridgehead atoms. The molecule has 1 aromatic carbocycles. The number of nitro benzene ring substituents is 1. The average molecular weight is 345 g/mol. The summed E-state index contributed by atoms with van der Waals surface area (Å²) in [5.74, 6) is -2.12. The van der Waals surface area contributed by atoms with Crippen LogP contribution in [-0.4, -0.2) is 27.9 Å². The van der Waals surface area contributed by atoms with Gasteiger partial charge in [0.15, 0.2) is 0 Å². The second-order valence-electron chi connectivity index (χ2n) is 4.46. The number of carbonyl (C=O) groups excluding carboxylic acids is 1. The molecule has 0 radical (unpaired) electrons. The highest BCUT2D eigenvalue weighted by molar-refractivity contribution is 9.10. The Bertz CT molecular complexity index is 559. The number of rotatable bonds is 5. The van der Waals surface area contributed by atoms with Crippen LogP contribution in [0.15, 0.2) is 22.7 Å². The Morgan fingerprint density at radius 2 is 2.00 bits per heavy atom. The van der Waals surface area contributed by atoms with Crippen molar-refractivity contribution in [2.24, 2.45) is 5.92 Å². The van der Waals surface area contributed by atoms with Crippen LogP contribution < -0.4 is 5.32 Å². The number of carboxylic acids is 1. The predicted octanol–water partition coefficient (Wildman–Crippen LogP) is 2.20. The molecule has 0 aromatic heterocycles. The second-order valence-corrected chi connectivity index (χ2v) is 5.31. The summed E-state index contributed by atoms with van der Waals surface area (Å²) in [6, 6.07) is 2.80. The van der Waals surface area contributed by atoms with E-state index in [1.165, 1.54) is 12.1 Å². The molecule has 0 aliphatic heterocycles. The summed E-state index contributed by atoms with van der Waals surface area (Å²) < 4.78 is 0.248. The molecule has 1 aromatic rings. The maximum absolute atomic E-state index is 11.9. The number of hydrogen-bond donors (Lipinski definition) is 2. The summed E-state index contributed by atoms with van der Waals surface area (Å²) in [6.07, 6.45) is 0. The molecule has 1 atom stereocenters. The number of benzene rings is 1.